The molecule has 0 saturated heterocycles. The van der Waals surface area contributed by atoms with Crippen LogP contribution < -0.4 is 0 Å². The molecule has 2 nitrogen and oxygen atoms in total. The Morgan fingerprint density at radius 1 is 1.58 bits per heavy atom. The van der Waals surface area contributed by atoms with E-state index in [-0.39, 0.29) is 5.78 Å². The summed E-state index contributed by atoms with van der Waals surface area (Å²) in [4.78, 5) is 13.9. The van der Waals surface area contributed by atoms with Crippen molar-refractivity contribution in [3.8, 4) is 0 Å². The van der Waals surface area contributed by atoms with Gasteiger partial charge < -0.3 is 4.98 Å². The van der Waals surface area contributed by atoms with Crippen LogP contribution in [0.3, 0.4) is 0 Å². The largest absolute Gasteiger partial charge is 0.343 e. The summed E-state index contributed by atoms with van der Waals surface area (Å²) >= 11 is 5.89. The van der Waals surface area contributed by atoms with Crippen molar-refractivity contribution < 1.29 is 4.79 Å². The number of nitrogens with one attached hydrogen (secondary N) is 1. The molecule has 0 aliphatic rings. The molecule has 1 aromatic heterocycles. The maximum Gasteiger partial charge on any atom is 0.176 e. The smallest absolute Gasteiger partial charge is 0.176 e. The molecule has 0 fully saturated rings. The number of aromatic amines is 1. The van der Waals surface area contributed by atoms with E-state index in [9.17, 15) is 4.79 Å². The second-order valence-corrected chi connectivity index (χ2v) is 3.21. The van der Waals surface area contributed by atoms with Crippen molar-refractivity contribution in [2.75, 3.05) is 0 Å². The molecule has 0 aliphatic heterocycles. The van der Waals surface area contributed by atoms with E-state index in [4.69, 9.17) is 11.6 Å². The summed E-state index contributed by atoms with van der Waals surface area (Å²) in [6.07, 6.45) is 0.856. The van der Waals surface area contributed by atoms with Crippen molar-refractivity contribution >= 4 is 17.4 Å². The summed E-state index contributed by atoms with van der Waals surface area (Å²) in [5.74, 6) is 0.0362. The molecule has 3 heteroatoms. The van der Waals surface area contributed by atoms with E-state index in [1.165, 1.54) is 6.92 Å². The zero-order chi connectivity index (χ0) is 9.30. The maximum absolute atomic E-state index is 11.1. The first-order valence-corrected chi connectivity index (χ1v) is 4.33. The molecule has 0 aliphatic carbocycles. The van der Waals surface area contributed by atoms with E-state index in [0.29, 0.717) is 10.8 Å². The van der Waals surface area contributed by atoms with Crippen molar-refractivity contribution in [3.05, 3.63) is 22.0 Å². The number of rotatable bonds is 2. The third-order valence-corrected chi connectivity index (χ3v) is 2.36. The second-order valence-electron chi connectivity index (χ2n) is 2.83. The number of hydrogen-bond acceptors (Lipinski definition) is 1. The fourth-order valence-corrected chi connectivity index (χ4v) is 1.74. The molecule has 1 rings (SSSR count). The Labute approximate surface area is 76.9 Å². The fourth-order valence-electron chi connectivity index (χ4n) is 1.37. The molecule has 66 valence electrons. The van der Waals surface area contributed by atoms with Gasteiger partial charge in [0.25, 0.3) is 0 Å². The van der Waals surface area contributed by atoms with Gasteiger partial charge in [0, 0.05) is 6.92 Å². The average molecular weight is 186 g/mol. The number of ketones is 1. The van der Waals surface area contributed by atoms with Crippen LogP contribution in [0.5, 0.6) is 0 Å². The van der Waals surface area contributed by atoms with Crippen LogP contribution in [0.25, 0.3) is 0 Å². The van der Waals surface area contributed by atoms with E-state index in [1.54, 1.807) is 0 Å². The topological polar surface area (TPSA) is 32.9 Å². The first-order chi connectivity index (χ1) is 5.57. The predicted molar refractivity (Wildman–Crippen MR) is 49.9 cm³/mol. The molecule has 1 aromatic rings. The van der Waals surface area contributed by atoms with E-state index in [2.05, 4.69) is 4.98 Å². The third-order valence-electron chi connectivity index (χ3n) is 2.03. The Morgan fingerprint density at radius 2 is 2.17 bits per heavy atom. The van der Waals surface area contributed by atoms with Gasteiger partial charge in [-0.3, -0.25) is 4.79 Å². The van der Waals surface area contributed by atoms with E-state index >= 15 is 0 Å². The Balaban J connectivity index is 3.26. The van der Waals surface area contributed by atoms with Crippen LogP contribution in [-0.2, 0) is 6.42 Å². The molecule has 0 unspecified atom stereocenters. The third kappa shape index (κ3) is 1.39. The average Bonchev–Trinajstić information content (AvgIpc) is 2.27. The van der Waals surface area contributed by atoms with Crippen LogP contribution >= 0.6 is 11.6 Å². The van der Waals surface area contributed by atoms with Crippen molar-refractivity contribution in [1.82, 2.24) is 4.98 Å². The number of aromatic nitrogens is 1. The van der Waals surface area contributed by atoms with Gasteiger partial charge in [0.15, 0.2) is 5.78 Å². The summed E-state index contributed by atoms with van der Waals surface area (Å²) in [5.41, 5.74) is 2.66. The van der Waals surface area contributed by atoms with Crippen molar-refractivity contribution in [2.24, 2.45) is 0 Å². The molecular weight excluding hydrogens is 174 g/mol. The highest BCUT2D eigenvalue weighted by molar-refractivity contribution is 6.30. The Hall–Kier alpha value is -0.760. The number of H-pyrrole nitrogens is 1. The summed E-state index contributed by atoms with van der Waals surface area (Å²) in [6, 6.07) is 0. The fraction of sp³-hybridized carbons (Fsp3) is 0.444. The quantitative estimate of drug-likeness (QED) is 0.707. The van der Waals surface area contributed by atoms with Crippen LogP contribution in [0, 0.1) is 6.92 Å². The summed E-state index contributed by atoms with van der Waals surface area (Å²) in [6.45, 7) is 5.47. The van der Waals surface area contributed by atoms with Gasteiger partial charge in [-0.15, -0.1) is 0 Å². The standard InChI is InChI=1S/C9H12ClNO/c1-4-7-5(2)8(6(3)12)11-9(7)10/h11H,4H2,1-3H3. The minimum Gasteiger partial charge on any atom is -0.343 e. The lowest BCUT2D eigenvalue weighted by Gasteiger charge is -1.94. The van der Waals surface area contributed by atoms with Gasteiger partial charge in [0.05, 0.1) is 5.69 Å². The van der Waals surface area contributed by atoms with Crippen LogP contribution in [0.1, 0.15) is 35.5 Å². The first kappa shape index (κ1) is 9.33. The van der Waals surface area contributed by atoms with Gasteiger partial charge in [-0.25, -0.2) is 0 Å². The van der Waals surface area contributed by atoms with Gasteiger partial charge in [0.2, 0.25) is 0 Å². The van der Waals surface area contributed by atoms with Gasteiger partial charge in [-0.05, 0) is 24.5 Å². The van der Waals surface area contributed by atoms with Crippen LogP contribution in [0.2, 0.25) is 5.15 Å². The van der Waals surface area contributed by atoms with Gasteiger partial charge in [0.1, 0.15) is 5.15 Å². The predicted octanol–water partition coefficient (Wildman–Crippen LogP) is 2.74. The van der Waals surface area contributed by atoms with Crippen molar-refractivity contribution in [2.45, 2.75) is 27.2 Å². The molecule has 1 heterocycles. The lowest BCUT2D eigenvalue weighted by atomic mass is 10.1. The minimum atomic E-state index is 0.0362. The van der Waals surface area contributed by atoms with Gasteiger partial charge >= 0.3 is 0 Å². The highest BCUT2D eigenvalue weighted by atomic mass is 35.5. The molecule has 1 N–H and O–H groups in total. The Morgan fingerprint density at radius 3 is 2.42 bits per heavy atom. The summed E-state index contributed by atoms with van der Waals surface area (Å²) < 4.78 is 0. The zero-order valence-corrected chi connectivity index (χ0v) is 8.25. The number of hydrogen-bond donors (Lipinski definition) is 1. The van der Waals surface area contributed by atoms with Gasteiger partial charge in [-0.1, -0.05) is 18.5 Å². The molecule has 0 bridgehead atoms. The van der Waals surface area contributed by atoms with Gasteiger partial charge in [-0.2, -0.15) is 0 Å². The van der Waals surface area contributed by atoms with E-state index in [1.807, 2.05) is 13.8 Å². The highest BCUT2D eigenvalue weighted by Gasteiger charge is 2.13. The Kier molecular flexibility index (Phi) is 2.58. The van der Waals surface area contributed by atoms with Crippen LogP contribution in [-0.4, -0.2) is 10.8 Å². The Bertz CT molecular complexity index is 315. The monoisotopic (exact) mass is 185 g/mol. The molecule has 12 heavy (non-hydrogen) atoms. The molecule has 0 saturated carbocycles. The molecule has 0 atom stereocenters. The molecule has 0 radical (unpaired) electrons. The summed E-state index contributed by atoms with van der Waals surface area (Å²) in [5, 5.41) is 0.597. The number of carbonyl (C=O) groups excluding carboxylic acids is 1. The van der Waals surface area contributed by atoms with E-state index < -0.39 is 0 Å². The number of halogens is 1. The minimum absolute atomic E-state index is 0.0362. The highest BCUT2D eigenvalue weighted by Crippen LogP contribution is 2.23. The number of Topliss-reactive ketones (excluding diaryl/α,β-unsaturated/α-hetero) is 1. The molecule has 0 amide bonds. The number of carbonyl (C=O) groups is 1. The first-order valence-electron chi connectivity index (χ1n) is 3.95. The second kappa shape index (κ2) is 3.31. The lowest BCUT2D eigenvalue weighted by Crippen LogP contribution is -1.94. The molecular formula is C9H12ClNO. The summed E-state index contributed by atoms with van der Waals surface area (Å²) in [7, 11) is 0. The normalized spacial score (nSPS) is 10.3. The SMILES string of the molecule is CCc1c(Cl)[nH]c(C(C)=O)c1C. The zero-order valence-electron chi connectivity index (χ0n) is 7.49. The van der Waals surface area contributed by atoms with Crippen molar-refractivity contribution in [3.63, 3.8) is 0 Å². The van der Waals surface area contributed by atoms with Crippen molar-refractivity contribution in [1.29, 1.82) is 0 Å². The van der Waals surface area contributed by atoms with Crippen LogP contribution in [0.4, 0.5) is 0 Å². The maximum atomic E-state index is 11.1. The molecule has 0 spiro atoms. The lowest BCUT2D eigenvalue weighted by molar-refractivity contribution is 0.101. The molecule has 0 aromatic carbocycles. The van der Waals surface area contributed by atoms with E-state index in [0.717, 1.165) is 17.5 Å². The van der Waals surface area contributed by atoms with Crippen LogP contribution in [0.15, 0.2) is 0 Å².